The highest BCUT2D eigenvalue weighted by Crippen LogP contribution is 2.39. The van der Waals surface area contributed by atoms with Crippen LogP contribution in [0.5, 0.6) is 0 Å². The first-order chi connectivity index (χ1) is 14.5. The zero-order chi connectivity index (χ0) is 21.1. The number of aryl methyl sites for hydroxylation is 1. The fourth-order valence-electron chi connectivity index (χ4n) is 3.84. The lowest BCUT2D eigenvalue weighted by Crippen LogP contribution is -2.39. The molecule has 1 aromatic carbocycles. The van der Waals surface area contributed by atoms with Crippen molar-refractivity contribution in [1.29, 1.82) is 0 Å². The van der Waals surface area contributed by atoms with Crippen molar-refractivity contribution in [3.63, 3.8) is 0 Å². The molecule has 2 aliphatic carbocycles. The molecule has 30 heavy (non-hydrogen) atoms. The molecule has 2 amide bonds. The van der Waals surface area contributed by atoms with Crippen LogP contribution >= 0.6 is 11.3 Å². The van der Waals surface area contributed by atoms with Gasteiger partial charge in [-0.15, -0.1) is 11.3 Å². The van der Waals surface area contributed by atoms with Crippen molar-refractivity contribution in [2.45, 2.75) is 44.6 Å². The summed E-state index contributed by atoms with van der Waals surface area (Å²) in [5, 5.41) is 6.52. The van der Waals surface area contributed by atoms with Gasteiger partial charge in [0.25, 0.3) is 0 Å². The quantitative estimate of drug-likeness (QED) is 0.638. The summed E-state index contributed by atoms with van der Waals surface area (Å²) in [5.41, 5.74) is 2.36. The van der Waals surface area contributed by atoms with Gasteiger partial charge in [-0.2, -0.15) is 0 Å². The molecule has 0 saturated heterocycles. The number of rotatable bonds is 8. The van der Waals surface area contributed by atoms with Crippen molar-refractivity contribution in [2.75, 3.05) is 25.5 Å². The van der Waals surface area contributed by atoms with Crippen LogP contribution in [0.3, 0.4) is 0 Å². The van der Waals surface area contributed by atoms with E-state index in [2.05, 4.69) is 10.6 Å². The van der Waals surface area contributed by atoms with E-state index < -0.39 is 0 Å². The lowest BCUT2D eigenvalue weighted by Gasteiger charge is -2.16. The number of likely N-dealkylation sites (N-methyl/N-ethyl adjacent to an activating group) is 1. The number of anilines is 1. The second-order valence-electron chi connectivity index (χ2n) is 8.17. The summed E-state index contributed by atoms with van der Waals surface area (Å²) >= 11 is 1.52. The lowest BCUT2D eigenvalue weighted by molar-refractivity contribution is -0.123. The molecule has 0 bridgehead atoms. The maximum absolute atomic E-state index is 13.2. The molecule has 0 unspecified atom stereocenters. The van der Waals surface area contributed by atoms with E-state index in [1.165, 1.54) is 16.2 Å². The SMILES string of the molecule is CN(CC(=O)Nc1sc2c(c1C(=O)c1ccccc1)CCCC2)CC(=O)NC1CC1. The number of nitrogens with zero attached hydrogens (tertiary/aromatic N) is 1. The number of carbonyl (C=O) groups excluding carboxylic acids is 3. The number of amides is 2. The molecule has 158 valence electrons. The first-order valence-electron chi connectivity index (χ1n) is 10.5. The Labute approximate surface area is 180 Å². The van der Waals surface area contributed by atoms with Gasteiger partial charge in [-0.25, -0.2) is 0 Å². The van der Waals surface area contributed by atoms with Crippen LogP contribution in [-0.2, 0) is 22.4 Å². The average Bonchev–Trinajstić information content (AvgIpc) is 3.46. The van der Waals surface area contributed by atoms with Crippen molar-refractivity contribution >= 4 is 33.9 Å². The third kappa shape index (κ3) is 4.96. The van der Waals surface area contributed by atoms with Gasteiger partial charge in [0.1, 0.15) is 5.00 Å². The van der Waals surface area contributed by atoms with Gasteiger partial charge in [-0.3, -0.25) is 19.3 Å². The predicted octanol–water partition coefficient (Wildman–Crippen LogP) is 3.01. The summed E-state index contributed by atoms with van der Waals surface area (Å²) in [6, 6.07) is 9.53. The summed E-state index contributed by atoms with van der Waals surface area (Å²) < 4.78 is 0. The molecular weight excluding hydrogens is 398 g/mol. The molecule has 2 aliphatic rings. The third-order valence-electron chi connectivity index (χ3n) is 5.46. The van der Waals surface area contributed by atoms with E-state index in [0.29, 0.717) is 22.2 Å². The molecule has 2 aromatic rings. The van der Waals surface area contributed by atoms with Crippen molar-refractivity contribution in [3.05, 3.63) is 51.9 Å². The minimum absolute atomic E-state index is 0.0394. The highest BCUT2D eigenvalue weighted by atomic mass is 32.1. The van der Waals surface area contributed by atoms with Gasteiger partial charge < -0.3 is 10.6 Å². The predicted molar refractivity (Wildman–Crippen MR) is 118 cm³/mol. The number of fused-ring (bicyclic) bond motifs is 1. The van der Waals surface area contributed by atoms with Crippen LogP contribution in [0.25, 0.3) is 0 Å². The highest BCUT2D eigenvalue weighted by Gasteiger charge is 2.27. The van der Waals surface area contributed by atoms with E-state index in [-0.39, 0.29) is 30.7 Å². The average molecular weight is 426 g/mol. The molecule has 0 radical (unpaired) electrons. The Kier molecular flexibility index (Phi) is 6.29. The minimum Gasteiger partial charge on any atom is -0.352 e. The molecule has 1 aromatic heterocycles. The Balaban J connectivity index is 1.47. The van der Waals surface area contributed by atoms with Crippen molar-refractivity contribution in [3.8, 4) is 0 Å². The number of benzene rings is 1. The van der Waals surface area contributed by atoms with Crippen molar-refractivity contribution < 1.29 is 14.4 Å². The van der Waals surface area contributed by atoms with Gasteiger partial charge in [-0.1, -0.05) is 30.3 Å². The molecule has 6 nitrogen and oxygen atoms in total. The normalized spacial score (nSPS) is 15.5. The van der Waals surface area contributed by atoms with E-state index in [1.54, 1.807) is 11.9 Å². The Hall–Kier alpha value is -2.51. The fourth-order valence-corrected chi connectivity index (χ4v) is 5.14. The topological polar surface area (TPSA) is 78.5 Å². The summed E-state index contributed by atoms with van der Waals surface area (Å²) in [6.07, 6.45) is 6.07. The van der Waals surface area contributed by atoms with Gasteiger partial charge in [-0.05, 0) is 51.1 Å². The number of hydrogen-bond donors (Lipinski definition) is 2. The Morgan fingerprint density at radius 2 is 1.73 bits per heavy atom. The van der Waals surface area contributed by atoms with Crippen LogP contribution in [0.1, 0.15) is 52.0 Å². The number of carbonyl (C=O) groups is 3. The highest BCUT2D eigenvalue weighted by molar-refractivity contribution is 7.17. The maximum atomic E-state index is 13.2. The molecule has 1 heterocycles. The molecule has 1 saturated carbocycles. The van der Waals surface area contributed by atoms with E-state index in [9.17, 15) is 14.4 Å². The molecule has 0 spiro atoms. The molecule has 7 heteroatoms. The second kappa shape index (κ2) is 9.10. The van der Waals surface area contributed by atoms with Crippen LogP contribution in [0, 0.1) is 0 Å². The summed E-state index contributed by atoms with van der Waals surface area (Å²) in [5.74, 6) is -0.306. The van der Waals surface area contributed by atoms with Gasteiger partial charge >= 0.3 is 0 Å². The van der Waals surface area contributed by atoms with Crippen LogP contribution < -0.4 is 10.6 Å². The van der Waals surface area contributed by atoms with E-state index in [0.717, 1.165) is 44.1 Å². The molecular formula is C23H27N3O3S. The van der Waals surface area contributed by atoms with Gasteiger partial charge in [0, 0.05) is 16.5 Å². The number of hydrogen-bond acceptors (Lipinski definition) is 5. The van der Waals surface area contributed by atoms with Gasteiger partial charge in [0.15, 0.2) is 5.78 Å². The molecule has 2 N–H and O–H groups in total. The smallest absolute Gasteiger partial charge is 0.239 e. The van der Waals surface area contributed by atoms with E-state index in [4.69, 9.17) is 0 Å². The van der Waals surface area contributed by atoms with Gasteiger partial charge in [0.2, 0.25) is 11.8 Å². The molecule has 4 rings (SSSR count). The number of thiophene rings is 1. The Morgan fingerprint density at radius 3 is 2.47 bits per heavy atom. The Morgan fingerprint density at radius 1 is 1.03 bits per heavy atom. The first kappa shape index (κ1) is 20.8. The number of ketones is 1. The number of nitrogens with one attached hydrogen (secondary N) is 2. The van der Waals surface area contributed by atoms with Crippen LogP contribution in [-0.4, -0.2) is 48.7 Å². The zero-order valence-electron chi connectivity index (χ0n) is 17.2. The van der Waals surface area contributed by atoms with E-state index >= 15 is 0 Å². The Bertz CT molecular complexity index is 950. The van der Waals surface area contributed by atoms with E-state index in [1.807, 2.05) is 30.3 Å². The molecule has 0 aliphatic heterocycles. The fraction of sp³-hybridized carbons (Fsp3) is 0.435. The van der Waals surface area contributed by atoms with Crippen LogP contribution in [0.2, 0.25) is 0 Å². The van der Waals surface area contributed by atoms with Crippen LogP contribution in [0.4, 0.5) is 5.00 Å². The molecule has 0 atom stereocenters. The third-order valence-corrected chi connectivity index (χ3v) is 6.66. The molecule has 1 fully saturated rings. The second-order valence-corrected chi connectivity index (χ2v) is 9.28. The summed E-state index contributed by atoms with van der Waals surface area (Å²) in [6.45, 7) is 0.278. The minimum atomic E-state index is -0.211. The van der Waals surface area contributed by atoms with Gasteiger partial charge in [0.05, 0.1) is 18.7 Å². The maximum Gasteiger partial charge on any atom is 0.239 e. The van der Waals surface area contributed by atoms with Crippen LogP contribution in [0.15, 0.2) is 30.3 Å². The zero-order valence-corrected chi connectivity index (χ0v) is 18.0. The summed E-state index contributed by atoms with van der Waals surface area (Å²) in [7, 11) is 1.75. The standard InChI is InChI=1S/C23H27N3O3S/c1-26(13-19(27)24-16-11-12-16)14-20(28)25-23-21(17-9-5-6-10-18(17)30-23)22(29)15-7-3-2-4-8-15/h2-4,7-8,16H,5-6,9-14H2,1H3,(H,24,27)(H,25,28). The first-order valence-corrected chi connectivity index (χ1v) is 11.3. The monoisotopic (exact) mass is 425 g/mol. The summed E-state index contributed by atoms with van der Waals surface area (Å²) in [4.78, 5) is 40.8. The van der Waals surface area contributed by atoms with Crippen molar-refractivity contribution in [2.24, 2.45) is 0 Å². The largest absolute Gasteiger partial charge is 0.352 e. The lowest BCUT2D eigenvalue weighted by atomic mass is 9.92. The van der Waals surface area contributed by atoms with Crippen molar-refractivity contribution in [1.82, 2.24) is 10.2 Å².